The number of ether oxygens (including phenoxy) is 1. The SMILES string of the molecule is COC(=O)c1ccc(S(=O)(=O)N2CCc3sccc3[C@@H]2C)cc1. The monoisotopic (exact) mass is 351 g/mol. The number of carbonyl (C=O) groups is 1. The second-order valence-corrected chi connectivity index (χ2v) is 8.25. The lowest BCUT2D eigenvalue weighted by atomic mass is 10.0. The third kappa shape index (κ3) is 2.80. The fraction of sp³-hybridized carbons (Fsp3) is 0.312. The summed E-state index contributed by atoms with van der Waals surface area (Å²) in [4.78, 5) is 12.9. The van der Waals surface area contributed by atoms with Crippen molar-refractivity contribution in [3.05, 3.63) is 51.7 Å². The summed E-state index contributed by atoms with van der Waals surface area (Å²) < 4.78 is 31.9. The lowest BCUT2D eigenvalue weighted by Gasteiger charge is -2.32. The van der Waals surface area contributed by atoms with Crippen molar-refractivity contribution >= 4 is 27.3 Å². The van der Waals surface area contributed by atoms with Crippen molar-refractivity contribution in [2.75, 3.05) is 13.7 Å². The first-order chi connectivity index (χ1) is 10.9. The number of hydrogen-bond acceptors (Lipinski definition) is 5. The van der Waals surface area contributed by atoms with Crippen LogP contribution < -0.4 is 0 Å². The van der Waals surface area contributed by atoms with Gasteiger partial charge < -0.3 is 4.74 Å². The Morgan fingerprint density at radius 3 is 2.61 bits per heavy atom. The number of benzene rings is 1. The van der Waals surface area contributed by atoms with Crippen LogP contribution in [0.4, 0.5) is 0 Å². The number of hydrogen-bond donors (Lipinski definition) is 0. The summed E-state index contributed by atoms with van der Waals surface area (Å²) in [6.07, 6.45) is 0.733. The molecule has 0 spiro atoms. The molecule has 0 aliphatic carbocycles. The highest BCUT2D eigenvalue weighted by Gasteiger charge is 2.34. The molecule has 2 heterocycles. The van der Waals surface area contributed by atoms with Gasteiger partial charge in [0.2, 0.25) is 10.0 Å². The molecular weight excluding hydrogens is 334 g/mol. The molecule has 0 saturated heterocycles. The minimum absolute atomic E-state index is 0.185. The van der Waals surface area contributed by atoms with E-state index in [4.69, 9.17) is 0 Å². The lowest BCUT2D eigenvalue weighted by Crippen LogP contribution is -2.38. The molecule has 0 radical (unpaired) electrons. The summed E-state index contributed by atoms with van der Waals surface area (Å²) in [5, 5.41) is 2.00. The lowest BCUT2D eigenvalue weighted by molar-refractivity contribution is 0.0600. The molecule has 7 heteroatoms. The maximum atomic E-state index is 12.9. The Morgan fingerprint density at radius 2 is 1.96 bits per heavy atom. The average Bonchev–Trinajstić information content (AvgIpc) is 3.04. The van der Waals surface area contributed by atoms with Gasteiger partial charge in [-0.3, -0.25) is 0 Å². The first kappa shape index (κ1) is 16.2. The van der Waals surface area contributed by atoms with Gasteiger partial charge in [0.05, 0.1) is 17.6 Å². The Kier molecular flexibility index (Phi) is 4.27. The summed E-state index contributed by atoms with van der Waals surface area (Å²) in [6.45, 7) is 2.38. The van der Waals surface area contributed by atoms with Crippen LogP contribution in [0.3, 0.4) is 0 Å². The third-order valence-corrected chi connectivity index (χ3v) is 7.08. The van der Waals surface area contributed by atoms with Crippen LogP contribution in [0.5, 0.6) is 0 Å². The van der Waals surface area contributed by atoms with Crippen LogP contribution >= 0.6 is 11.3 Å². The summed E-state index contributed by atoms with van der Waals surface area (Å²) in [5.41, 5.74) is 1.41. The van der Waals surface area contributed by atoms with Crippen LogP contribution in [0.25, 0.3) is 0 Å². The van der Waals surface area contributed by atoms with E-state index < -0.39 is 16.0 Å². The van der Waals surface area contributed by atoms with Crippen molar-refractivity contribution in [1.29, 1.82) is 0 Å². The van der Waals surface area contributed by atoms with Gasteiger partial charge in [0, 0.05) is 17.5 Å². The van der Waals surface area contributed by atoms with E-state index in [1.807, 2.05) is 18.4 Å². The molecule has 1 aliphatic rings. The summed E-state index contributed by atoms with van der Waals surface area (Å²) >= 11 is 1.67. The molecule has 5 nitrogen and oxygen atoms in total. The fourth-order valence-electron chi connectivity index (χ4n) is 2.83. The van der Waals surface area contributed by atoms with Gasteiger partial charge in [-0.25, -0.2) is 13.2 Å². The zero-order chi connectivity index (χ0) is 16.6. The van der Waals surface area contributed by atoms with Crippen molar-refractivity contribution in [1.82, 2.24) is 4.31 Å². The van der Waals surface area contributed by atoms with E-state index in [2.05, 4.69) is 4.74 Å². The van der Waals surface area contributed by atoms with Crippen LogP contribution in [-0.2, 0) is 21.2 Å². The Labute approximate surface area is 139 Å². The molecule has 0 bridgehead atoms. The number of carbonyl (C=O) groups excluding carboxylic acids is 1. The third-order valence-electron chi connectivity index (χ3n) is 4.10. The molecule has 1 atom stereocenters. The van der Waals surface area contributed by atoms with Crippen LogP contribution in [0, 0.1) is 0 Å². The fourth-order valence-corrected chi connectivity index (χ4v) is 5.41. The van der Waals surface area contributed by atoms with Crippen molar-refractivity contribution in [2.24, 2.45) is 0 Å². The van der Waals surface area contributed by atoms with E-state index in [1.54, 1.807) is 11.3 Å². The first-order valence-corrected chi connectivity index (χ1v) is 9.53. The number of rotatable bonds is 3. The Morgan fingerprint density at radius 1 is 1.26 bits per heavy atom. The summed E-state index contributed by atoms with van der Waals surface area (Å²) in [5.74, 6) is -0.483. The molecule has 0 N–H and O–H groups in total. The second kappa shape index (κ2) is 6.07. The Balaban J connectivity index is 1.92. The van der Waals surface area contributed by atoms with Gasteiger partial charge >= 0.3 is 5.97 Å². The van der Waals surface area contributed by atoms with Gasteiger partial charge in [-0.15, -0.1) is 11.3 Å². The van der Waals surface area contributed by atoms with E-state index in [0.717, 1.165) is 12.0 Å². The van der Waals surface area contributed by atoms with Gasteiger partial charge in [-0.05, 0) is 54.6 Å². The quantitative estimate of drug-likeness (QED) is 0.798. The summed E-state index contributed by atoms with van der Waals surface area (Å²) in [7, 11) is -2.30. The second-order valence-electron chi connectivity index (χ2n) is 5.36. The molecular formula is C16H17NO4S2. The zero-order valence-corrected chi connectivity index (χ0v) is 14.5. The van der Waals surface area contributed by atoms with Crippen molar-refractivity contribution in [3.63, 3.8) is 0 Å². The smallest absolute Gasteiger partial charge is 0.337 e. The molecule has 0 saturated carbocycles. The minimum Gasteiger partial charge on any atom is -0.465 e. The van der Waals surface area contributed by atoms with Gasteiger partial charge in [0.25, 0.3) is 0 Å². The predicted octanol–water partition coefficient (Wildman–Crippen LogP) is 2.84. The minimum atomic E-state index is -3.60. The molecule has 1 aromatic carbocycles. The molecule has 0 fully saturated rings. The number of fused-ring (bicyclic) bond motifs is 1. The van der Waals surface area contributed by atoms with Crippen molar-refractivity contribution in [2.45, 2.75) is 24.3 Å². The number of sulfonamides is 1. The molecule has 2 aromatic rings. The van der Waals surface area contributed by atoms with Gasteiger partial charge in [-0.1, -0.05) is 0 Å². The normalized spacial score (nSPS) is 18.4. The standard InChI is InChI=1S/C16H17NO4S2/c1-11-14-8-10-22-15(14)7-9-17(11)23(19,20)13-5-3-12(4-6-13)16(18)21-2/h3-6,8,10-11H,7,9H2,1-2H3/t11-/m0/s1. The molecule has 1 aliphatic heterocycles. The van der Waals surface area contributed by atoms with Crippen LogP contribution in [0.2, 0.25) is 0 Å². The van der Waals surface area contributed by atoms with Crippen LogP contribution in [0.15, 0.2) is 40.6 Å². The summed E-state index contributed by atoms with van der Waals surface area (Å²) in [6, 6.07) is 7.67. The molecule has 122 valence electrons. The Hall–Kier alpha value is -1.70. The molecule has 0 amide bonds. The van der Waals surface area contributed by atoms with E-state index >= 15 is 0 Å². The maximum Gasteiger partial charge on any atom is 0.337 e. The average molecular weight is 351 g/mol. The van der Waals surface area contributed by atoms with E-state index in [9.17, 15) is 13.2 Å². The van der Waals surface area contributed by atoms with E-state index in [-0.39, 0.29) is 10.9 Å². The predicted molar refractivity (Wildman–Crippen MR) is 88.1 cm³/mol. The van der Waals surface area contributed by atoms with E-state index in [1.165, 1.54) is 40.6 Å². The molecule has 23 heavy (non-hydrogen) atoms. The van der Waals surface area contributed by atoms with E-state index in [0.29, 0.717) is 12.1 Å². The maximum absolute atomic E-state index is 12.9. The van der Waals surface area contributed by atoms with Gasteiger partial charge in [-0.2, -0.15) is 4.31 Å². The molecule has 1 aromatic heterocycles. The number of methoxy groups -OCH3 is 1. The Bertz CT molecular complexity index is 824. The highest BCUT2D eigenvalue weighted by Crippen LogP contribution is 2.36. The van der Waals surface area contributed by atoms with Crippen molar-refractivity contribution in [3.8, 4) is 0 Å². The number of nitrogens with zero attached hydrogens (tertiary/aromatic N) is 1. The topological polar surface area (TPSA) is 63.7 Å². The number of thiophene rings is 1. The zero-order valence-electron chi connectivity index (χ0n) is 12.9. The molecule has 3 rings (SSSR count). The number of esters is 1. The highest BCUT2D eigenvalue weighted by atomic mass is 32.2. The van der Waals surface area contributed by atoms with Crippen molar-refractivity contribution < 1.29 is 17.9 Å². The molecule has 0 unspecified atom stereocenters. The van der Waals surface area contributed by atoms with Gasteiger partial charge in [0.1, 0.15) is 0 Å². The van der Waals surface area contributed by atoms with Crippen LogP contribution in [-0.4, -0.2) is 32.3 Å². The first-order valence-electron chi connectivity index (χ1n) is 7.21. The highest BCUT2D eigenvalue weighted by molar-refractivity contribution is 7.89. The van der Waals surface area contributed by atoms with Gasteiger partial charge in [0.15, 0.2) is 0 Å². The van der Waals surface area contributed by atoms with Crippen LogP contribution in [0.1, 0.15) is 33.8 Å². The largest absolute Gasteiger partial charge is 0.465 e.